The lowest BCUT2D eigenvalue weighted by molar-refractivity contribution is -0.123. The third-order valence-electron chi connectivity index (χ3n) is 4.36. The van der Waals surface area contributed by atoms with Gasteiger partial charge in [0, 0.05) is 18.9 Å². The average Bonchev–Trinajstić information content (AvgIpc) is 3.22. The van der Waals surface area contributed by atoms with Gasteiger partial charge in [0.25, 0.3) is 5.91 Å². The summed E-state index contributed by atoms with van der Waals surface area (Å²) in [5.74, 6) is 1.08. The standard InChI is InChI=1S/C22H25N3O2/c1-17(2)19-6-10-21(11-7-19)27-16-22(26)23-14-12-18-4-8-20(9-5-18)25-15-3-13-24-25/h3-11,13,15,17H,12,14,16H2,1-2H3,(H,23,26). The maximum absolute atomic E-state index is 11.9. The molecule has 5 nitrogen and oxygen atoms in total. The summed E-state index contributed by atoms with van der Waals surface area (Å²) >= 11 is 0. The number of amides is 1. The highest BCUT2D eigenvalue weighted by atomic mass is 16.5. The van der Waals surface area contributed by atoms with Crippen molar-refractivity contribution in [3.8, 4) is 11.4 Å². The van der Waals surface area contributed by atoms with Crippen LogP contribution in [0.15, 0.2) is 67.0 Å². The Bertz CT molecular complexity index is 838. The second-order valence-corrected chi connectivity index (χ2v) is 6.73. The molecule has 140 valence electrons. The lowest BCUT2D eigenvalue weighted by Crippen LogP contribution is -2.30. The maximum atomic E-state index is 11.9. The third kappa shape index (κ3) is 5.45. The third-order valence-corrected chi connectivity index (χ3v) is 4.36. The Morgan fingerprint density at radius 2 is 1.85 bits per heavy atom. The zero-order chi connectivity index (χ0) is 19.1. The van der Waals surface area contributed by atoms with Crippen molar-refractivity contribution in [2.24, 2.45) is 0 Å². The van der Waals surface area contributed by atoms with E-state index in [0.29, 0.717) is 18.2 Å². The topological polar surface area (TPSA) is 56.1 Å². The molecule has 0 fully saturated rings. The second-order valence-electron chi connectivity index (χ2n) is 6.73. The molecule has 1 aromatic heterocycles. The lowest BCUT2D eigenvalue weighted by Gasteiger charge is -2.10. The summed E-state index contributed by atoms with van der Waals surface area (Å²) in [6, 6.07) is 17.9. The molecule has 0 aliphatic carbocycles. The van der Waals surface area contributed by atoms with Crippen molar-refractivity contribution in [1.29, 1.82) is 0 Å². The lowest BCUT2D eigenvalue weighted by atomic mass is 10.0. The first-order chi connectivity index (χ1) is 13.1. The van der Waals surface area contributed by atoms with Gasteiger partial charge in [-0.25, -0.2) is 4.68 Å². The molecule has 0 saturated heterocycles. The van der Waals surface area contributed by atoms with Gasteiger partial charge in [-0.15, -0.1) is 0 Å². The number of carbonyl (C=O) groups excluding carboxylic acids is 1. The van der Waals surface area contributed by atoms with Gasteiger partial charge in [0.2, 0.25) is 0 Å². The van der Waals surface area contributed by atoms with Crippen LogP contribution in [0.4, 0.5) is 0 Å². The van der Waals surface area contributed by atoms with Crippen LogP contribution in [0.3, 0.4) is 0 Å². The first-order valence-electron chi connectivity index (χ1n) is 9.20. The van der Waals surface area contributed by atoms with Crippen LogP contribution in [-0.4, -0.2) is 28.8 Å². The van der Waals surface area contributed by atoms with Gasteiger partial charge in [0.15, 0.2) is 6.61 Å². The number of rotatable bonds is 8. The number of aromatic nitrogens is 2. The first-order valence-corrected chi connectivity index (χ1v) is 9.20. The molecule has 0 spiro atoms. The molecule has 27 heavy (non-hydrogen) atoms. The van der Waals surface area contributed by atoms with E-state index >= 15 is 0 Å². The predicted molar refractivity (Wildman–Crippen MR) is 106 cm³/mol. The van der Waals surface area contributed by atoms with Crippen molar-refractivity contribution in [3.05, 3.63) is 78.1 Å². The summed E-state index contributed by atoms with van der Waals surface area (Å²) in [6.07, 6.45) is 4.43. The number of nitrogens with one attached hydrogen (secondary N) is 1. The van der Waals surface area contributed by atoms with E-state index in [1.54, 1.807) is 6.20 Å². The Labute approximate surface area is 160 Å². The van der Waals surface area contributed by atoms with E-state index in [0.717, 1.165) is 17.7 Å². The van der Waals surface area contributed by atoms with Crippen LogP contribution in [0.1, 0.15) is 30.9 Å². The van der Waals surface area contributed by atoms with Crippen molar-refractivity contribution in [1.82, 2.24) is 15.1 Å². The molecular formula is C22H25N3O2. The van der Waals surface area contributed by atoms with E-state index in [9.17, 15) is 4.79 Å². The fourth-order valence-corrected chi connectivity index (χ4v) is 2.73. The summed E-state index contributed by atoms with van der Waals surface area (Å²) in [5.41, 5.74) is 3.44. The zero-order valence-corrected chi connectivity index (χ0v) is 15.8. The number of ether oxygens (including phenoxy) is 1. The Kier molecular flexibility index (Phi) is 6.26. The molecule has 3 aromatic rings. The smallest absolute Gasteiger partial charge is 0.257 e. The highest BCUT2D eigenvalue weighted by Crippen LogP contribution is 2.18. The van der Waals surface area contributed by atoms with E-state index < -0.39 is 0 Å². The van der Waals surface area contributed by atoms with Crippen LogP contribution in [0.2, 0.25) is 0 Å². The molecule has 0 atom stereocenters. The molecular weight excluding hydrogens is 338 g/mol. The number of hydrogen-bond donors (Lipinski definition) is 1. The summed E-state index contributed by atoms with van der Waals surface area (Å²) in [6.45, 7) is 4.90. The minimum Gasteiger partial charge on any atom is -0.484 e. The Morgan fingerprint density at radius 3 is 2.48 bits per heavy atom. The largest absolute Gasteiger partial charge is 0.484 e. The van der Waals surface area contributed by atoms with Crippen LogP contribution in [0.5, 0.6) is 5.75 Å². The fraction of sp³-hybridized carbons (Fsp3) is 0.273. The van der Waals surface area contributed by atoms with Gasteiger partial charge in [-0.3, -0.25) is 4.79 Å². The first kappa shape index (κ1) is 18.7. The molecule has 1 N–H and O–H groups in total. The Balaban J connectivity index is 1.39. The van der Waals surface area contributed by atoms with E-state index in [1.165, 1.54) is 5.56 Å². The number of hydrogen-bond acceptors (Lipinski definition) is 3. The highest BCUT2D eigenvalue weighted by molar-refractivity contribution is 5.77. The van der Waals surface area contributed by atoms with Gasteiger partial charge in [-0.2, -0.15) is 5.10 Å². The summed E-state index contributed by atoms with van der Waals surface area (Å²) in [7, 11) is 0. The molecule has 0 radical (unpaired) electrons. The molecule has 5 heteroatoms. The zero-order valence-electron chi connectivity index (χ0n) is 15.8. The fourth-order valence-electron chi connectivity index (χ4n) is 2.73. The highest BCUT2D eigenvalue weighted by Gasteiger charge is 2.04. The molecule has 0 unspecified atom stereocenters. The number of benzene rings is 2. The van der Waals surface area contributed by atoms with Crippen LogP contribution in [0.25, 0.3) is 5.69 Å². The molecule has 0 bridgehead atoms. The summed E-state index contributed by atoms with van der Waals surface area (Å²) < 4.78 is 7.36. The van der Waals surface area contributed by atoms with Crippen LogP contribution in [-0.2, 0) is 11.2 Å². The summed E-state index contributed by atoms with van der Waals surface area (Å²) in [4.78, 5) is 11.9. The number of nitrogens with zero attached hydrogens (tertiary/aromatic N) is 2. The predicted octanol–water partition coefficient (Wildman–Crippen LogP) is 3.73. The van der Waals surface area contributed by atoms with Crippen molar-refractivity contribution in [2.75, 3.05) is 13.2 Å². The van der Waals surface area contributed by atoms with Gasteiger partial charge >= 0.3 is 0 Å². The van der Waals surface area contributed by atoms with Gasteiger partial charge in [0.1, 0.15) is 5.75 Å². The molecule has 0 aliphatic rings. The van der Waals surface area contributed by atoms with Crippen LogP contribution >= 0.6 is 0 Å². The van der Waals surface area contributed by atoms with E-state index in [4.69, 9.17) is 4.74 Å². The van der Waals surface area contributed by atoms with Gasteiger partial charge in [-0.1, -0.05) is 38.1 Å². The minimum absolute atomic E-state index is 0.0270. The quantitative estimate of drug-likeness (QED) is 0.663. The van der Waals surface area contributed by atoms with Crippen molar-refractivity contribution in [3.63, 3.8) is 0 Å². The van der Waals surface area contributed by atoms with Gasteiger partial charge in [0.05, 0.1) is 5.69 Å². The molecule has 0 saturated carbocycles. The maximum Gasteiger partial charge on any atom is 0.257 e. The van der Waals surface area contributed by atoms with Gasteiger partial charge in [-0.05, 0) is 53.8 Å². The molecule has 1 amide bonds. The SMILES string of the molecule is CC(C)c1ccc(OCC(=O)NCCc2ccc(-n3cccn3)cc2)cc1. The van der Waals surface area contributed by atoms with Crippen molar-refractivity contribution >= 4 is 5.91 Å². The van der Waals surface area contributed by atoms with Gasteiger partial charge < -0.3 is 10.1 Å². The second kappa shape index (κ2) is 9.03. The van der Waals surface area contributed by atoms with Crippen molar-refractivity contribution < 1.29 is 9.53 Å². The minimum atomic E-state index is -0.115. The normalized spacial score (nSPS) is 10.8. The molecule has 0 aliphatic heterocycles. The number of carbonyl (C=O) groups is 1. The van der Waals surface area contributed by atoms with E-state index in [2.05, 4.69) is 36.4 Å². The van der Waals surface area contributed by atoms with E-state index in [-0.39, 0.29) is 12.5 Å². The van der Waals surface area contributed by atoms with Crippen LogP contribution < -0.4 is 10.1 Å². The van der Waals surface area contributed by atoms with Crippen molar-refractivity contribution in [2.45, 2.75) is 26.2 Å². The Morgan fingerprint density at radius 1 is 1.11 bits per heavy atom. The molecule has 1 heterocycles. The summed E-state index contributed by atoms with van der Waals surface area (Å²) in [5, 5.41) is 7.10. The van der Waals surface area contributed by atoms with E-state index in [1.807, 2.05) is 53.3 Å². The van der Waals surface area contributed by atoms with Crippen LogP contribution in [0, 0.1) is 0 Å². The molecule has 3 rings (SSSR count). The molecule has 2 aromatic carbocycles. The average molecular weight is 363 g/mol. The Hall–Kier alpha value is -3.08. The monoisotopic (exact) mass is 363 g/mol.